The number of Topliss-reactive ketones (excluding diaryl/α,β-unsaturated/α-hetero) is 1. The molecule has 7 heteroatoms. The first-order valence-corrected chi connectivity index (χ1v) is 11.1. The molecule has 1 saturated heterocycles. The summed E-state index contributed by atoms with van der Waals surface area (Å²) < 4.78 is 4.48. The second-order valence-corrected chi connectivity index (χ2v) is 9.26. The summed E-state index contributed by atoms with van der Waals surface area (Å²) in [6, 6.07) is 18.6. The van der Waals surface area contributed by atoms with E-state index in [1.807, 2.05) is 60.7 Å². The lowest BCUT2D eigenvalue weighted by Gasteiger charge is -2.42. The number of carbonyl (C=O) groups is 3. The standard InChI is InChI=1S/C23H21NO4S2/c1-2-28-20(26)19-14-17(25)13-18(15-9-5-3-6-10-15)23(19)21(27)24(22(29)30-23)16-11-7-4-8-12-16/h3-12,18-19H,2,13-14H2,1H3. The number of anilines is 1. The van der Waals surface area contributed by atoms with Gasteiger partial charge in [0.05, 0.1) is 18.2 Å². The summed E-state index contributed by atoms with van der Waals surface area (Å²) in [6.07, 6.45) is 0.163. The van der Waals surface area contributed by atoms with Crippen molar-refractivity contribution in [3.8, 4) is 0 Å². The van der Waals surface area contributed by atoms with Crippen LogP contribution < -0.4 is 4.90 Å². The van der Waals surface area contributed by atoms with E-state index in [4.69, 9.17) is 17.0 Å². The Morgan fingerprint density at radius 1 is 1.10 bits per heavy atom. The summed E-state index contributed by atoms with van der Waals surface area (Å²) in [5.74, 6) is -2.20. The van der Waals surface area contributed by atoms with Crippen molar-refractivity contribution in [1.29, 1.82) is 0 Å². The molecule has 1 aliphatic heterocycles. The summed E-state index contributed by atoms with van der Waals surface area (Å²) in [4.78, 5) is 41.1. The molecule has 0 N–H and O–H groups in total. The van der Waals surface area contributed by atoms with Gasteiger partial charge >= 0.3 is 5.97 Å². The van der Waals surface area contributed by atoms with Crippen molar-refractivity contribution in [2.24, 2.45) is 5.92 Å². The summed E-state index contributed by atoms with van der Waals surface area (Å²) in [7, 11) is 0. The lowest BCUT2D eigenvalue weighted by Crippen LogP contribution is -2.55. The fourth-order valence-electron chi connectivity index (χ4n) is 4.37. The summed E-state index contributed by atoms with van der Waals surface area (Å²) in [5.41, 5.74) is 1.50. The van der Waals surface area contributed by atoms with Crippen molar-refractivity contribution in [1.82, 2.24) is 0 Å². The van der Waals surface area contributed by atoms with Crippen LogP contribution in [0.25, 0.3) is 0 Å². The number of nitrogens with zero attached hydrogens (tertiary/aromatic N) is 1. The third kappa shape index (κ3) is 3.36. The molecule has 154 valence electrons. The smallest absolute Gasteiger partial charge is 0.311 e. The average Bonchev–Trinajstić information content (AvgIpc) is 3.01. The zero-order valence-corrected chi connectivity index (χ0v) is 18.1. The van der Waals surface area contributed by atoms with Crippen LogP contribution in [0.15, 0.2) is 60.7 Å². The number of esters is 1. The minimum atomic E-state index is -1.21. The Labute approximate surface area is 184 Å². The Hall–Kier alpha value is -2.51. The highest BCUT2D eigenvalue weighted by Gasteiger charge is 2.65. The molecule has 3 unspecified atom stereocenters. The SMILES string of the molecule is CCOC(=O)C1CC(=O)CC(c2ccccc2)C12SC(=S)N(c1ccccc1)C2=O. The molecule has 5 nitrogen and oxygen atoms in total. The molecule has 2 aromatic carbocycles. The van der Waals surface area contributed by atoms with Crippen LogP contribution in [-0.2, 0) is 19.1 Å². The molecule has 3 atom stereocenters. The number of carbonyl (C=O) groups excluding carboxylic acids is 3. The van der Waals surface area contributed by atoms with Gasteiger partial charge in [-0.15, -0.1) is 0 Å². The van der Waals surface area contributed by atoms with Crippen LogP contribution >= 0.6 is 24.0 Å². The van der Waals surface area contributed by atoms with Crippen LogP contribution in [0.2, 0.25) is 0 Å². The minimum absolute atomic E-state index is 0.0217. The van der Waals surface area contributed by atoms with Crippen molar-refractivity contribution >= 4 is 51.6 Å². The Morgan fingerprint density at radius 2 is 1.73 bits per heavy atom. The number of thioether (sulfide) groups is 1. The number of thiocarbonyl (C=S) groups is 1. The second kappa shape index (κ2) is 8.32. The Bertz CT molecular complexity index is 995. The van der Waals surface area contributed by atoms with Crippen molar-refractivity contribution < 1.29 is 19.1 Å². The van der Waals surface area contributed by atoms with E-state index in [-0.39, 0.29) is 31.1 Å². The van der Waals surface area contributed by atoms with Crippen LogP contribution in [0.1, 0.15) is 31.2 Å². The molecule has 0 bridgehead atoms. The Morgan fingerprint density at radius 3 is 2.37 bits per heavy atom. The van der Waals surface area contributed by atoms with E-state index in [1.54, 1.807) is 6.92 Å². The fourth-order valence-corrected chi connectivity index (χ4v) is 6.40. The maximum atomic E-state index is 14.0. The molecule has 2 aromatic rings. The predicted molar refractivity (Wildman–Crippen MR) is 120 cm³/mol. The molecule has 2 fully saturated rings. The molecule has 1 aliphatic carbocycles. The first kappa shape index (κ1) is 20.8. The topological polar surface area (TPSA) is 63.7 Å². The number of benzene rings is 2. The number of hydrogen-bond acceptors (Lipinski definition) is 6. The van der Waals surface area contributed by atoms with E-state index in [0.717, 1.165) is 5.56 Å². The van der Waals surface area contributed by atoms with E-state index >= 15 is 0 Å². The average molecular weight is 440 g/mol. The van der Waals surface area contributed by atoms with Gasteiger partial charge in [0, 0.05) is 18.8 Å². The monoisotopic (exact) mass is 439 g/mol. The van der Waals surface area contributed by atoms with Gasteiger partial charge in [-0.25, -0.2) is 0 Å². The molecule has 1 saturated carbocycles. The lowest BCUT2D eigenvalue weighted by molar-refractivity contribution is -0.154. The van der Waals surface area contributed by atoms with Crippen molar-refractivity contribution in [2.75, 3.05) is 11.5 Å². The lowest BCUT2D eigenvalue weighted by atomic mass is 9.67. The van der Waals surface area contributed by atoms with Crippen LogP contribution in [0, 0.1) is 5.92 Å². The van der Waals surface area contributed by atoms with Gasteiger partial charge in [0.1, 0.15) is 14.9 Å². The fraction of sp³-hybridized carbons (Fsp3) is 0.304. The normalized spacial score (nSPS) is 26.3. The summed E-state index contributed by atoms with van der Waals surface area (Å²) >= 11 is 6.84. The molecular formula is C23H21NO4S2. The molecular weight excluding hydrogens is 418 g/mol. The molecule has 0 aromatic heterocycles. The molecule has 1 amide bonds. The second-order valence-electron chi connectivity index (χ2n) is 7.35. The maximum absolute atomic E-state index is 14.0. The molecule has 0 radical (unpaired) electrons. The van der Waals surface area contributed by atoms with E-state index in [9.17, 15) is 14.4 Å². The first-order chi connectivity index (χ1) is 14.5. The Kier molecular flexibility index (Phi) is 5.75. The van der Waals surface area contributed by atoms with Gasteiger partial charge in [-0.2, -0.15) is 0 Å². The number of ketones is 1. The van der Waals surface area contributed by atoms with Crippen LogP contribution in [0.5, 0.6) is 0 Å². The number of para-hydroxylation sites is 1. The van der Waals surface area contributed by atoms with Crippen LogP contribution in [-0.4, -0.2) is 33.3 Å². The molecule has 2 aliphatic rings. The largest absolute Gasteiger partial charge is 0.466 e. The van der Waals surface area contributed by atoms with Crippen molar-refractivity contribution in [3.63, 3.8) is 0 Å². The quantitative estimate of drug-likeness (QED) is 0.528. The summed E-state index contributed by atoms with van der Waals surface area (Å²) in [5, 5.41) is 0. The van der Waals surface area contributed by atoms with Gasteiger partial charge in [-0.05, 0) is 24.6 Å². The first-order valence-electron chi connectivity index (χ1n) is 9.85. The van der Waals surface area contributed by atoms with Gasteiger partial charge in [0.25, 0.3) is 5.91 Å². The van der Waals surface area contributed by atoms with Crippen molar-refractivity contribution in [2.45, 2.75) is 30.4 Å². The highest BCUT2D eigenvalue weighted by Crippen LogP contribution is 2.57. The predicted octanol–water partition coefficient (Wildman–Crippen LogP) is 4.12. The van der Waals surface area contributed by atoms with Crippen molar-refractivity contribution in [3.05, 3.63) is 66.2 Å². The zero-order valence-electron chi connectivity index (χ0n) is 16.4. The van der Waals surface area contributed by atoms with E-state index in [0.29, 0.717) is 10.0 Å². The van der Waals surface area contributed by atoms with Gasteiger partial charge in [-0.1, -0.05) is 72.5 Å². The van der Waals surface area contributed by atoms with Crippen LogP contribution in [0.3, 0.4) is 0 Å². The number of amides is 1. The van der Waals surface area contributed by atoms with Gasteiger partial charge in [-0.3, -0.25) is 19.3 Å². The molecule has 4 rings (SSSR count). The zero-order chi connectivity index (χ0) is 21.3. The van der Waals surface area contributed by atoms with Gasteiger partial charge in [0.15, 0.2) is 0 Å². The molecule has 1 heterocycles. The highest BCUT2D eigenvalue weighted by molar-refractivity contribution is 8.25. The minimum Gasteiger partial charge on any atom is -0.466 e. The number of ether oxygens (including phenoxy) is 1. The molecule has 1 spiro atoms. The number of hydrogen-bond donors (Lipinski definition) is 0. The third-order valence-corrected chi connectivity index (χ3v) is 7.53. The summed E-state index contributed by atoms with van der Waals surface area (Å²) in [6.45, 7) is 1.90. The van der Waals surface area contributed by atoms with Gasteiger partial charge in [0.2, 0.25) is 0 Å². The van der Waals surface area contributed by atoms with Crippen LogP contribution in [0.4, 0.5) is 5.69 Å². The maximum Gasteiger partial charge on any atom is 0.311 e. The Balaban J connectivity index is 1.87. The van der Waals surface area contributed by atoms with E-state index < -0.39 is 22.6 Å². The number of rotatable bonds is 4. The van der Waals surface area contributed by atoms with Gasteiger partial charge < -0.3 is 4.74 Å². The highest BCUT2D eigenvalue weighted by atomic mass is 32.2. The molecule has 30 heavy (non-hydrogen) atoms. The van der Waals surface area contributed by atoms with E-state index in [2.05, 4.69) is 0 Å². The third-order valence-electron chi connectivity index (χ3n) is 5.66. The van der Waals surface area contributed by atoms with E-state index in [1.165, 1.54) is 16.7 Å².